The highest BCUT2D eigenvalue weighted by molar-refractivity contribution is 7.18. The van der Waals surface area contributed by atoms with Crippen LogP contribution < -0.4 is 10.5 Å². The summed E-state index contributed by atoms with van der Waals surface area (Å²) < 4.78 is 1.59. The van der Waals surface area contributed by atoms with Crippen LogP contribution >= 0.6 is 11.3 Å². The van der Waals surface area contributed by atoms with Crippen LogP contribution in [0.1, 0.15) is 35.2 Å². The number of carbonyl (C=O) groups is 1. The zero-order valence-electron chi connectivity index (χ0n) is 18.1. The molecule has 2 aromatic carbocycles. The van der Waals surface area contributed by atoms with Crippen molar-refractivity contribution in [3.8, 4) is 0 Å². The van der Waals surface area contributed by atoms with Gasteiger partial charge >= 0.3 is 0 Å². The topological polar surface area (TPSA) is 55.2 Å². The molecule has 0 N–H and O–H groups in total. The van der Waals surface area contributed by atoms with Crippen LogP contribution in [0.5, 0.6) is 0 Å². The molecule has 0 unspecified atom stereocenters. The number of hydrogen-bond acceptors (Lipinski definition) is 4. The zero-order chi connectivity index (χ0) is 22.1. The number of carbonyl (C=O) groups excluding carboxylic acids is 1. The lowest BCUT2D eigenvalue weighted by molar-refractivity contribution is -0.119. The van der Waals surface area contributed by atoms with Gasteiger partial charge in [0.15, 0.2) is 0 Å². The van der Waals surface area contributed by atoms with Gasteiger partial charge < -0.3 is 4.90 Å². The van der Waals surface area contributed by atoms with E-state index in [9.17, 15) is 9.59 Å². The minimum Gasteiger partial charge on any atom is -0.306 e. The van der Waals surface area contributed by atoms with Crippen LogP contribution in [0.25, 0.3) is 10.2 Å². The summed E-state index contributed by atoms with van der Waals surface area (Å²) in [5, 5.41) is 0.724. The highest BCUT2D eigenvalue weighted by Gasteiger charge is 2.25. The van der Waals surface area contributed by atoms with Crippen molar-refractivity contribution in [2.75, 3.05) is 4.90 Å². The fourth-order valence-corrected chi connectivity index (χ4v) is 5.74. The fraction of sp³-hybridized carbons (Fsp3) is 0.269. The van der Waals surface area contributed by atoms with Crippen LogP contribution in [0.4, 0.5) is 5.69 Å². The van der Waals surface area contributed by atoms with Crippen molar-refractivity contribution < 1.29 is 4.79 Å². The number of thiophene rings is 1. The third-order valence-electron chi connectivity index (χ3n) is 6.07. The molecule has 2 aromatic heterocycles. The van der Waals surface area contributed by atoms with Gasteiger partial charge in [0.1, 0.15) is 17.2 Å². The minimum absolute atomic E-state index is 0.0166. The monoisotopic (exact) mass is 443 g/mol. The van der Waals surface area contributed by atoms with E-state index in [2.05, 4.69) is 0 Å². The molecule has 0 bridgehead atoms. The van der Waals surface area contributed by atoms with E-state index in [0.717, 1.165) is 46.3 Å². The Morgan fingerprint density at radius 3 is 2.50 bits per heavy atom. The average Bonchev–Trinajstić information content (AvgIpc) is 3.41. The Balaban J connectivity index is 1.54. The summed E-state index contributed by atoms with van der Waals surface area (Å²) >= 11 is 1.64. The second kappa shape index (κ2) is 8.71. The van der Waals surface area contributed by atoms with Gasteiger partial charge in [0.05, 0.1) is 11.9 Å². The molecule has 1 amide bonds. The first-order chi connectivity index (χ1) is 15.7. The van der Waals surface area contributed by atoms with Crippen LogP contribution in [0, 0.1) is 0 Å². The summed E-state index contributed by atoms with van der Waals surface area (Å²) in [6.07, 6.45) is 3.64. The smallest absolute Gasteiger partial charge is 0.263 e. The molecule has 4 aromatic rings. The van der Waals surface area contributed by atoms with Gasteiger partial charge in [-0.3, -0.25) is 14.2 Å². The Morgan fingerprint density at radius 1 is 1.06 bits per heavy atom. The summed E-state index contributed by atoms with van der Waals surface area (Å²) in [7, 11) is 0. The summed E-state index contributed by atoms with van der Waals surface area (Å²) in [6.45, 7) is 2.41. The lowest BCUT2D eigenvalue weighted by Crippen LogP contribution is -2.37. The van der Waals surface area contributed by atoms with Crippen molar-refractivity contribution in [1.82, 2.24) is 9.55 Å². The van der Waals surface area contributed by atoms with E-state index in [-0.39, 0.29) is 18.0 Å². The maximum Gasteiger partial charge on any atom is 0.263 e. The Hall–Kier alpha value is -3.25. The maximum absolute atomic E-state index is 13.6. The van der Waals surface area contributed by atoms with Gasteiger partial charge in [0.25, 0.3) is 5.56 Å². The molecule has 5 rings (SSSR count). The van der Waals surface area contributed by atoms with Gasteiger partial charge in [0, 0.05) is 17.0 Å². The Labute approximate surface area is 191 Å². The first-order valence-electron chi connectivity index (χ1n) is 11.1. The molecule has 6 heteroatoms. The van der Waals surface area contributed by atoms with Crippen LogP contribution in [0.2, 0.25) is 0 Å². The van der Waals surface area contributed by atoms with E-state index in [4.69, 9.17) is 4.98 Å². The van der Waals surface area contributed by atoms with Crippen LogP contribution in [-0.4, -0.2) is 15.5 Å². The second-order valence-corrected chi connectivity index (χ2v) is 9.20. The molecule has 2 heterocycles. The van der Waals surface area contributed by atoms with E-state index < -0.39 is 0 Å². The largest absolute Gasteiger partial charge is 0.306 e. The van der Waals surface area contributed by atoms with Crippen molar-refractivity contribution in [1.29, 1.82) is 0 Å². The Morgan fingerprint density at radius 2 is 1.78 bits per heavy atom. The normalized spacial score (nSPS) is 12.8. The highest BCUT2D eigenvalue weighted by Crippen LogP contribution is 2.34. The van der Waals surface area contributed by atoms with Crippen LogP contribution in [0.3, 0.4) is 0 Å². The minimum atomic E-state index is -0.120. The van der Waals surface area contributed by atoms with Crippen molar-refractivity contribution in [3.05, 3.63) is 92.8 Å². The van der Waals surface area contributed by atoms with Crippen molar-refractivity contribution in [2.45, 2.75) is 45.7 Å². The van der Waals surface area contributed by atoms with Crippen molar-refractivity contribution in [3.63, 3.8) is 0 Å². The lowest BCUT2D eigenvalue weighted by atomic mass is 10.2. The molecule has 1 aliphatic rings. The Kier molecular flexibility index (Phi) is 5.62. The molecule has 0 saturated carbocycles. The SMILES string of the molecule is CCc1nc2sc3c(c2c(=O)n1CC(=O)N(Cc1ccccc1)c1ccccc1)CCC3. The molecule has 0 spiro atoms. The summed E-state index contributed by atoms with van der Waals surface area (Å²) in [5.41, 5.74) is 2.93. The number of nitrogens with zero attached hydrogens (tertiary/aromatic N) is 3. The molecule has 5 nitrogen and oxygen atoms in total. The average molecular weight is 444 g/mol. The number of hydrogen-bond donors (Lipinski definition) is 0. The number of rotatable bonds is 6. The van der Waals surface area contributed by atoms with Gasteiger partial charge in [-0.1, -0.05) is 55.5 Å². The predicted molar refractivity (Wildman–Crippen MR) is 129 cm³/mol. The van der Waals surface area contributed by atoms with Gasteiger partial charge in [0.2, 0.25) is 5.91 Å². The molecule has 0 radical (unpaired) electrons. The molecule has 32 heavy (non-hydrogen) atoms. The number of aryl methyl sites for hydroxylation is 3. The molecule has 0 fully saturated rings. The molecule has 162 valence electrons. The standard InChI is InChI=1S/C26H25N3O2S/c1-2-22-27-25-24(20-14-9-15-21(20)32-25)26(31)29(22)17-23(30)28(19-12-7-4-8-13-19)16-18-10-5-3-6-11-18/h3-8,10-13H,2,9,14-17H2,1H3. The number of aromatic nitrogens is 2. The van der Waals surface area contributed by atoms with E-state index in [1.807, 2.05) is 67.6 Å². The van der Waals surface area contributed by atoms with Gasteiger partial charge in [-0.2, -0.15) is 0 Å². The summed E-state index contributed by atoms with van der Waals surface area (Å²) in [6, 6.07) is 19.6. The predicted octanol–water partition coefficient (Wildman–Crippen LogP) is 4.74. The molecule has 0 atom stereocenters. The third kappa shape index (κ3) is 3.75. The van der Waals surface area contributed by atoms with Crippen LogP contribution in [-0.2, 0) is 37.1 Å². The maximum atomic E-state index is 13.6. The van der Waals surface area contributed by atoms with E-state index in [1.54, 1.807) is 20.8 Å². The second-order valence-electron chi connectivity index (χ2n) is 8.11. The number of amides is 1. The first-order valence-corrected chi connectivity index (χ1v) is 11.9. The number of para-hydroxylation sites is 1. The van der Waals surface area contributed by atoms with E-state index in [0.29, 0.717) is 18.8 Å². The zero-order valence-corrected chi connectivity index (χ0v) is 18.9. The van der Waals surface area contributed by atoms with E-state index >= 15 is 0 Å². The molecule has 0 saturated heterocycles. The molecular weight excluding hydrogens is 418 g/mol. The number of fused-ring (bicyclic) bond motifs is 3. The molecular formula is C26H25N3O2S. The van der Waals surface area contributed by atoms with Gasteiger partial charge in [-0.05, 0) is 42.5 Å². The number of benzene rings is 2. The number of anilines is 1. The lowest BCUT2D eigenvalue weighted by Gasteiger charge is -2.24. The summed E-state index contributed by atoms with van der Waals surface area (Å²) in [5.74, 6) is 0.549. The van der Waals surface area contributed by atoms with Crippen molar-refractivity contribution in [2.24, 2.45) is 0 Å². The first kappa shape index (κ1) is 20.6. The fourth-order valence-electron chi connectivity index (χ4n) is 4.47. The van der Waals surface area contributed by atoms with Crippen molar-refractivity contribution >= 4 is 33.1 Å². The van der Waals surface area contributed by atoms with E-state index in [1.165, 1.54) is 4.88 Å². The summed E-state index contributed by atoms with van der Waals surface area (Å²) in [4.78, 5) is 35.8. The van der Waals surface area contributed by atoms with Gasteiger partial charge in [-0.25, -0.2) is 4.98 Å². The Bertz CT molecular complexity index is 1330. The third-order valence-corrected chi connectivity index (χ3v) is 7.25. The van der Waals surface area contributed by atoms with Crippen LogP contribution in [0.15, 0.2) is 65.5 Å². The quantitative estimate of drug-likeness (QED) is 0.432. The van der Waals surface area contributed by atoms with Gasteiger partial charge in [-0.15, -0.1) is 11.3 Å². The highest BCUT2D eigenvalue weighted by atomic mass is 32.1. The molecule has 1 aliphatic carbocycles. The molecule has 0 aliphatic heterocycles.